The Morgan fingerprint density at radius 1 is 1.20 bits per heavy atom. The average molecular weight is 298 g/mol. The molecule has 1 aromatic carbocycles. The second kappa shape index (κ2) is 8.01. The zero-order chi connectivity index (χ0) is 15.0. The van der Waals surface area contributed by atoms with Crippen molar-refractivity contribution in [2.75, 3.05) is 13.1 Å². The zero-order valence-corrected chi connectivity index (χ0v) is 12.8. The Kier molecular flexibility index (Phi) is 6.67. The van der Waals surface area contributed by atoms with Gasteiger partial charge < -0.3 is 5.32 Å². The molecule has 0 unspecified atom stereocenters. The van der Waals surface area contributed by atoms with Crippen LogP contribution in [0, 0.1) is 6.92 Å². The molecule has 0 aliphatic heterocycles. The highest BCUT2D eigenvalue weighted by Gasteiger charge is 2.16. The Hall–Kier alpha value is -1.40. The first kappa shape index (κ1) is 16.7. The number of hydrogen-bond acceptors (Lipinski definition) is 3. The lowest BCUT2D eigenvalue weighted by molar-refractivity contribution is -0.119. The smallest absolute Gasteiger partial charge is 0.241 e. The van der Waals surface area contributed by atoms with E-state index < -0.39 is 10.0 Å². The van der Waals surface area contributed by atoms with Crippen molar-refractivity contribution in [3.63, 3.8) is 0 Å². The molecular weight excluding hydrogens is 276 g/mol. The highest BCUT2D eigenvalue weighted by molar-refractivity contribution is 7.89. The van der Waals surface area contributed by atoms with Gasteiger partial charge in [-0.05, 0) is 25.0 Å². The summed E-state index contributed by atoms with van der Waals surface area (Å²) in [5.74, 6) is -0.307. The van der Waals surface area contributed by atoms with Crippen molar-refractivity contribution in [1.29, 1.82) is 0 Å². The molecule has 0 saturated heterocycles. The van der Waals surface area contributed by atoms with Crippen molar-refractivity contribution >= 4 is 15.9 Å². The summed E-state index contributed by atoms with van der Waals surface area (Å²) >= 11 is 0. The van der Waals surface area contributed by atoms with Crippen LogP contribution in [0.25, 0.3) is 0 Å². The summed E-state index contributed by atoms with van der Waals surface area (Å²) < 4.78 is 26.4. The van der Waals surface area contributed by atoms with Crippen molar-refractivity contribution in [2.45, 2.75) is 38.0 Å². The lowest BCUT2D eigenvalue weighted by atomic mass is 10.2. The van der Waals surface area contributed by atoms with Crippen LogP contribution in [0.1, 0.15) is 31.7 Å². The number of nitrogens with one attached hydrogen (secondary N) is 2. The van der Waals surface area contributed by atoms with E-state index in [0.717, 1.165) is 19.3 Å². The molecule has 0 aromatic heterocycles. The Balaban J connectivity index is 2.48. The van der Waals surface area contributed by atoms with Gasteiger partial charge in [-0.1, -0.05) is 38.0 Å². The molecule has 6 heteroatoms. The average Bonchev–Trinajstić information content (AvgIpc) is 2.42. The third-order valence-corrected chi connectivity index (χ3v) is 4.47. The number of amides is 1. The molecule has 0 aliphatic rings. The monoisotopic (exact) mass is 298 g/mol. The quantitative estimate of drug-likeness (QED) is 0.716. The molecule has 1 rings (SSSR count). The summed E-state index contributed by atoms with van der Waals surface area (Å²) in [6, 6.07) is 6.68. The molecular formula is C14H22N2O3S. The van der Waals surface area contributed by atoms with Crippen LogP contribution in [0.4, 0.5) is 0 Å². The van der Waals surface area contributed by atoms with E-state index in [1.807, 2.05) is 0 Å². The summed E-state index contributed by atoms with van der Waals surface area (Å²) in [5.41, 5.74) is 0.656. The molecule has 0 spiro atoms. The fourth-order valence-electron chi connectivity index (χ4n) is 1.76. The summed E-state index contributed by atoms with van der Waals surface area (Å²) in [5, 5.41) is 2.69. The van der Waals surface area contributed by atoms with Gasteiger partial charge in [0, 0.05) is 6.54 Å². The summed E-state index contributed by atoms with van der Waals surface area (Å²) in [4.78, 5) is 11.7. The molecule has 0 bridgehead atoms. The molecule has 0 saturated carbocycles. The molecule has 0 fully saturated rings. The van der Waals surface area contributed by atoms with Gasteiger partial charge >= 0.3 is 0 Å². The standard InChI is InChI=1S/C14H22N2O3S/c1-3-4-7-10-15-14(17)11-16-20(18,19)13-9-6-5-8-12(13)2/h5-6,8-9,16H,3-4,7,10-11H2,1-2H3,(H,15,17). The number of hydrogen-bond donors (Lipinski definition) is 2. The number of carbonyl (C=O) groups excluding carboxylic acids is 1. The van der Waals surface area contributed by atoms with E-state index in [9.17, 15) is 13.2 Å². The van der Waals surface area contributed by atoms with Gasteiger partial charge in [0.05, 0.1) is 11.4 Å². The van der Waals surface area contributed by atoms with Crippen LogP contribution in [-0.2, 0) is 14.8 Å². The summed E-state index contributed by atoms with van der Waals surface area (Å²) in [7, 11) is -3.63. The van der Waals surface area contributed by atoms with Gasteiger partial charge in [-0.2, -0.15) is 0 Å². The van der Waals surface area contributed by atoms with Crippen LogP contribution in [0.15, 0.2) is 29.2 Å². The topological polar surface area (TPSA) is 75.3 Å². The molecule has 0 aliphatic carbocycles. The molecule has 1 aromatic rings. The fraction of sp³-hybridized carbons (Fsp3) is 0.500. The Labute approximate surface area is 120 Å². The number of aryl methyl sites for hydroxylation is 1. The molecule has 0 radical (unpaired) electrons. The second-order valence-electron chi connectivity index (χ2n) is 4.65. The maximum atomic E-state index is 12.0. The maximum absolute atomic E-state index is 12.0. The molecule has 1 amide bonds. The van der Waals surface area contributed by atoms with Gasteiger partial charge in [0.15, 0.2) is 0 Å². The minimum Gasteiger partial charge on any atom is -0.355 e. The van der Waals surface area contributed by atoms with Crippen LogP contribution in [0.5, 0.6) is 0 Å². The van der Waals surface area contributed by atoms with E-state index >= 15 is 0 Å². The van der Waals surface area contributed by atoms with Crippen LogP contribution < -0.4 is 10.0 Å². The third kappa shape index (κ3) is 5.30. The van der Waals surface area contributed by atoms with Crippen molar-refractivity contribution in [1.82, 2.24) is 10.0 Å². The predicted molar refractivity (Wildman–Crippen MR) is 78.9 cm³/mol. The Morgan fingerprint density at radius 2 is 1.90 bits per heavy atom. The zero-order valence-electron chi connectivity index (χ0n) is 12.0. The first-order valence-corrected chi connectivity index (χ1v) is 8.27. The van der Waals surface area contributed by atoms with Crippen LogP contribution >= 0.6 is 0 Å². The minimum atomic E-state index is -3.63. The third-order valence-electron chi connectivity index (χ3n) is 2.91. The molecule has 2 N–H and O–H groups in total. The normalized spacial score (nSPS) is 11.3. The van der Waals surface area contributed by atoms with E-state index in [1.54, 1.807) is 25.1 Å². The van der Waals surface area contributed by atoms with Crippen molar-refractivity contribution < 1.29 is 13.2 Å². The van der Waals surface area contributed by atoms with Crippen molar-refractivity contribution in [3.05, 3.63) is 29.8 Å². The number of rotatable bonds is 8. The highest BCUT2D eigenvalue weighted by Crippen LogP contribution is 2.13. The molecule has 20 heavy (non-hydrogen) atoms. The summed E-state index contributed by atoms with van der Waals surface area (Å²) in [6.45, 7) is 4.15. The predicted octanol–water partition coefficient (Wildman–Crippen LogP) is 1.58. The van der Waals surface area contributed by atoms with Gasteiger partial charge in [-0.25, -0.2) is 13.1 Å². The lowest BCUT2D eigenvalue weighted by Crippen LogP contribution is -2.37. The van der Waals surface area contributed by atoms with Crippen LogP contribution in [0.3, 0.4) is 0 Å². The highest BCUT2D eigenvalue weighted by atomic mass is 32.2. The maximum Gasteiger partial charge on any atom is 0.241 e. The number of sulfonamides is 1. The van der Waals surface area contributed by atoms with E-state index in [1.165, 1.54) is 6.07 Å². The van der Waals surface area contributed by atoms with E-state index in [2.05, 4.69) is 17.0 Å². The van der Waals surface area contributed by atoms with Gasteiger partial charge in [-0.15, -0.1) is 0 Å². The fourth-order valence-corrected chi connectivity index (χ4v) is 2.99. The first-order valence-electron chi connectivity index (χ1n) is 6.79. The molecule has 0 heterocycles. The van der Waals surface area contributed by atoms with E-state index in [-0.39, 0.29) is 17.3 Å². The van der Waals surface area contributed by atoms with Crippen LogP contribution in [-0.4, -0.2) is 27.4 Å². The van der Waals surface area contributed by atoms with E-state index in [0.29, 0.717) is 12.1 Å². The van der Waals surface area contributed by atoms with Crippen LogP contribution in [0.2, 0.25) is 0 Å². The second-order valence-corrected chi connectivity index (χ2v) is 6.38. The number of unbranched alkanes of at least 4 members (excludes halogenated alkanes) is 2. The minimum absolute atomic E-state index is 0.207. The molecule has 0 atom stereocenters. The van der Waals surface area contributed by atoms with Crippen molar-refractivity contribution in [3.8, 4) is 0 Å². The van der Waals surface area contributed by atoms with Gasteiger partial charge in [-0.3, -0.25) is 4.79 Å². The molecule has 5 nitrogen and oxygen atoms in total. The number of benzene rings is 1. The van der Waals surface area contributed by atoms with Gasteiger partial charge in [0.25, 0.3) is 0 Å². The lowest BCUT2D eigenvalue weighted by Gasteiger charge is -2.09. The van der Waals surface area contributed by atoms with Crippen molar-refractivity contribution in [2.24, 2.45) is 0 Å². The first-order chi connectivity index (χ1) is 9.47. The number of carbonyl (C=O) groups is 1. The Bertz CT molecular complexity index is 541. The Morgan fingerprint density at radius 3 is 2.55 bits per heavy atom. The largest absolute Gasteiger partial charge is 0.355 e. The van der Waals surface area contributed by atoms with Gasteiger partial charge in [0.1, 0.15) is 0 Å². The molecule has 112 valence electrons. The van der Waals surface area contributed by atoms with E-state index in [4.69, 9.17) is 0 Å². The van der Waals surface area contributed by atoms with Gasteiger partial charge in [0.2, 0.25) is 15.9 Å². The SMILES string of the molecule is CCCCCNC(=O)CNS(=O)(=O)c1ccccc1C. The summed E-state index contributed by atoms with van der Waals surface area (Å²) in [6.07, 6.45) is 3.04.